The molecule has 354 valence electrons. The summed E-state index contributed by atoms with van der Waals surface area (Å²) < 4.78 is 36.6. The number of hydrogen-bond donors (Lipinski definition) is 3. The summed E-state index contributed by atoms with van der Waals surface area (Å²) in [5.74, 6) is -3.25. The highest BCUT2D eigenvalue weighted by Gasteiger charge is 2.51. The number of rotatable bonds is 10. The van der Waals surface area contributed by atoms with Gasteiger partial charge < -0.3 is 20.4 Å². The average Bonchev–Trinajstić information content (AvgIpc) is 4.03. The number of fused-ring (bicyclic) bond motifs is 3. The molecule has 4 saturated heterocycles. The van der Waals surface area contributed by atoms with Crippen molar-refractivity contribution in [3.05, 3.63) is 94.3 Å². The lowest BCUT2D eigenvalue weighted by atomic mass is 9.93. The molecule has 0 aliphatic carbocycles. The summed E-state index contributed by atoms with van der Waals surface area (Å²) in [5, 5.41) is 13.1. The van der Waals surface area contributed by atoms with E-state index in [-0.39, 0.29) is 42.9 Å². The van der Waals surface area contributed by atoms with Crippen LogP contribution >= 0.6 is 0 Å². The van der Waals surface area contributed by atoms with Gasteiger partial charge in [-0.15, -0.1) is 5.10 Å². The number of imide groups is 1. The molecular weight excluding hydrogens is 875 g/mol. The van der Waals surface area contributed by atoms with E-state index >= 15 is 8.78 Å². The molecule has 0 bridgehead atoms. The summed E-state index contributed by atoms with van der Waals surface area (Å²) in [4.78, 5) is 70.5. The number of piperazine rings is 1. The SMILES string of the molecule is CNC(=O)c1cnc2c(NC)cc(N3CCc4c(-c5ccc(CN6CCC(N7CC(N8CCN(c9cccc%10c9n(C)c(=O)n%10C9CCC(=O)NC9=O)CC8)C7)C(F)(F)C6)cn5)cccc43)nn12. The molecular formula is C48H54F2N14O4. The van der Waals surface area contributed by atoms with Crippen molar-refractivity contribution in [1.29, 1.82) is 0 Å². The normalized spacial score (nSPS) is 21.6. The quantitative estimate of drug-likeness (QED) is 0.171. The van der Waals surface area contributed by atoms with E-state index in [1.54, 1.807) is 29.4 Å². The van der Waals surface area contributed by atoms with Crippen LogP contribution in [0.3, 0.4) is 0 Å². The number of anilines is 4. The number of imidazole rings is 2. The molecule has 0 spiro atoms. The number of hydrogen-bond acceptors (Lipinski definition) is 13. The molecule has 11 rings (SSSR count). The largest absolute Gasteiger partial charge is 0.385 e. The van der Waals surface area contributed by atoms with Crippen molar-refractivity contribution in [2.45, 2.75) is 56.3 Å². The van der Waals surface area contributed by atoms with Crippen LogP contribution in [0.5, 0.6) is 0 Å². The van der Waals surface area contributed by atoms with E-state index in [0.29, 0.717) is 74.9 Å². The Kier molecular flexibility index (Phi) is 11.0. The monoisotopic (exact) mass is 928 g/mol. The molecule has 5 aliphatic rings. The van der Waals surface area contributed by atoms with Gasteiger partial charge >= 0.3 is 5.69 Å². The van der Waals surface area contributed by atoms with Gasteiger partial charge in [-0.3, -0.25) is 48.5 Å². The minimum absolute atomic E-state index is 0.180. The fourth-order valence-corrected chi connectivity index (χ4v) is 11.2. The third-order valence-corrected chi connectivity index (χ3v) is 14.7. The zero-order valence-electron chi connectivity index (χ0n) is 38.3. The van der Waals surface area contributed by atoms with Crippen LogP contribution in [-0.4, -0.2) is 152 Å². The summed E-state index contributed by atoms with van der Waals surface area (Å²) in [6.07, 6.45) is 4.93. The number of likely N-dealkylation sites (tertiary alicyclic amines) is 2. The lowest BCUT2D eigenvalue weighted by molar-refractivity contribution is -0.154. The number of alkyl halides is 2. The van der Waals surface area contributed by atoms with Crippen molar-refractivity contribution >= 4 is 57.3 Å². The Hall–Kier alpha value is -6.77. The number of benzene rings is 2. The minimum atomic E-state index is -2.86. The number of piperidine rings is 2. The van der Waals surface area contributed by atoms with Gasteiger partial charge in [-0.1, -0.05) is 24.3 Å². The maximum absolute atomic E-state index is 16.0. The van der Waals surface area contributed by atoms with E-state index in [4.69, 9.17) is 10.1 Å². The number of aryl methyl sites for hydroxylation is 1. The first-order valence-corrected chi connectivity index (χ1v) is 23.4. The summed E-state index contributed by atoms with van der Waals surface area (Å²) in [5.41, 5.74) is 8.51. The topological polar surface area (TPSA) is 174 Å². The highest BCUT2D eigenvalue weighted by Crippen LogP contribution is 2.41. The van der Waals surface area contributed by atoms with Crippen molar-refractivity contribution in [2.24, 2.45) is 7.05 Å². The molecule has 18 nitrogen and oxygen atoms in total. The van der Waals surface area contributed by atoms with Gasteiger partial charge in [0.05, 0.1) is 46.9 Å². The minimum Gasteiger partial charge on any atom is -0.385 e. The van der Waals surface area contributed by atoms with E-state index in [0.717, 1.165) is 64.5 Å². The maximum atomic E-state index is 16.0. The van der Waals surface area contributed by atoms with E-state index < -0.39 is 23.9 Å². The average molecular weight is 929 g/mol. The molecule has 68 heavy (non-hydrogen) atoms. The van der Waals surface area contributed by atoms with Crippen LogP contribution in [0.1, 0.15) is 46.9 Å². The van der Waals surface area contributed by atoms with Gasteiger partial charge in [0.1, 0.15) is 6.04 Å². The molecule has 20 heteroatoms. The highest BCUT2D eigenvalue weighted by atomic mass is 19.3. The van der Waals surface area contributed by atoms with Gasteiger partial charge in [-0.05, 0) is 54.7 Å². The Morgan fingerprint density at radius 1 is 0.882 bits per heavy atom. The van der Waals surface area contributed by atoms with Crippen LogP contribution in [-0.2, 0) is 29.6 Å². The summed E-state index contributed by atoms with van der Waals surface area (Å²) in [6.45, 7) is 5.53. The van der Waals surface area contributed by atoms with E-state index in [2.05, 4.69) is 47.8 Å². The predicted molar refractivity (Wildman–Crippen MR) is 253 cm³/mol. The van der Waals surface area contributed by atoms with E-state index in [1.807, 2.05) is 59.3 Å². The summed E-state index contributed by atoms with van der Waals surface area (Å²) in [6, 6.07) is 16.4. The molecule has 0 radical (unpaired) electrons. The predicted octanol–water partition coefficient (Wildman–Crippen LogP) is 3.23. The molecule has 5 aliphatic heterocycles. The Labute approximate surface area is 390 Å². The third-order valence-electron chi connectivity index (χ3n) is 14.7. The number of halogens is 2. The standard InChI is InChI=1S/C48H54F2N14O4/c1-51-34-22-41(56-64-39(45(66)52-2)24-54-44(34)64)62-17-14-32-31(6-4-7-35(32)62)33-11-10-29(23-53-33)25-58-16-15-40(48(49,50)28-58)61-26-30(27-61)59-18-20-60(21-19-59)36-8-5-9-37-43(36)57(3)47(68)63(37)38-12-13-42(65)55-46(38)67/h4-11,22-24,30,38,40,51H,12-21,25-28H2,1-3H3,(H,52,66)(H,55,65,67). The van der Waals surface area contributed by atoms with Crippen molar-refractivity contribution in [1.82, 2.24) is 54.0 Å². The number of carbonyl (C=O) groups is 3. The number of nitrogens with zero attached hydrogens (tertiary/aromatic N) is 11. The Balaban J connectivity index is 0.693. The first-order valence-electron chi connectivity index (χ1n) is 23.4. The molecule has 2 aromatic carbocycles. The lowest BCUT2D eigenvalue weighted by Crippen LogP contribution is -2.69. The Bertz CT molecular complexity index is 3030. The van der Waals surface area contributed by atoms with Crippen LogP contribution in [0.15, 0.2) is 71.8 Å². The molecule has 6 aromatic rings. The van der Waals surface area contributed by atoms with Crippen LogP contribution in [0, 0.1) is 0 Å². The number of aromatic nitrogens is 6. The van der Waals surface area contributed by atoms with Gasteiger partial charge in [0.15, 0.2) is 17.2 Å². The lowest BCUT2D eigenvalue weighted by Gasteiger charge is -2.53. The van der Waals surface area contributed by atoms with Gasteiger partial charge in [-0.25, -0.2) is 23.1 Å². The van der Waals surface area contributed by atoms with Crippen molar-refractivity contribution < 1.29 is 23.2 Å². The van der Waals surface area contributed by atoms with Gasteiger partial charge in [-0.2, -0.15) is 0 Å². The second-order valence-electron chi connectivity index (χ2n) is 18.6. The fraction of sp³-hybridized carbons (Fsp3) is 0.438. The number of nitrogens with one attached hydrogen (secondary N) is 3. The first kappa shape index (κ1) is 43.8. The third kappa shape index (κ3) is 7.45. The fourth-order valence-electron chi connectivity index (χ4n) is 11.2. The van der Waals surface area contributed by atoms with E-state index in [9.17, 15) is 19.2 Å². The summed E-state index contributed by atoms with van der Waals surface area (Å²) >= 11 is 0. The number of para-hydroxylation sites is 1. The molecule has 4 fully saturated rings. The Morgan fingerprint density at radius 2 is 1.68 bits per heavy atom. The molecule has 3 amide bonds. The molecule has 3 N–H and O–H groups in total. The molecule has 9 heterocycles. The maximum Gasteiger partial charge on any atom is 0.329 e. The zero-order valence-corrected chi connectivity index (χ0v) is 38.3. The molecule has 0 saturated carbocycles. The summed E-state index contributed by atoms with van der Waals surface area (Å²) in [7, 11) is 5.10. The van der Waals surface area contributed by atoms with E-state index in [1.165, 1.54) is 10.8 Å². The van der Waals surface area contributed by atoms with Crippen LogP contribution < -0.4 is 31.4 Å². The second-order valence-corrected chi connectivity index (χ2v) is 18.6. The first-order chi connectivity index (χ1) is 32.9. The number of carbonyl (C=O) groups excluding carboxylic acids is 3. The van der Waals surface area contributed by atoms with Crippen LogP contribution in [0.2, 0.25) is 0 Å². The zero-order chi connectivity index (χ0) is 47.0. The van der Waals surface area contributed by atoms with Gasteiger partial charge in [0.25, 0.3) is 11.8 Å². The highest BCUT2D eigenvalue weighted by molar-refractivity contribution is 6.00. The van der Waals surface area contributed by atoms with Crippen molar-refractivity contribution in [3.8, 4) is 11.3 Å². The smallest absolute Gasteiger partial charge is 0.329 e. The molecule has 4 aromatic heterocycles. The van der Waals surface area contributed by atoms with Crippen LogP contribution in [0.4, 0.5) is 31.7 Å². The second kappa shape index (κ2) is 17.1. The van der Waals surface area contributed by atoms with Gasteiger partial charge in [0, 0.05) is 116 Å². The molecule has 2 atom stereocenters. The Morgan fingerprint density at radius 3 is 2.41 bits per heavy atom. The van der Waals surface area contributed by atoms with Crippen molar-refractivity contribution in [2.75, 3.05) is 88.1 Å². The number of amides is 3. The molecule has 2 unspecified atom stereocenters. The van der Waals surface area contributed by atoms with Gasteiger partial charge in [0.2, 0.25) is 11.8 Å². The van der Waals surface area contributed by atoms with Crippen molar-refractivity contribution in [3.63, 3.8) is 0 Å². The van der Waals surface area contributed by atoms with Crippen LogP contribution in [0.25, 0.3) is 27.9 Å². The number of pyridine rings is 1.